The zero-order chi connectivity index (χ0) is 7.40. The molecule has 0 aromatic carbocycles. The maximum Gasteiger partial charge on any atom is 0.208 e. The summed E-state index contributed by atoms with van der Waals surface area (Å²) in [4.78, 5) is 0. The predicted molar refractivity (Wildman–Crippen MR) is 33.4 cm³/mol. The van der Waals surface area contributed by atoms with E-state index in [0.717, 1.165) is 0 Å². The number of rotatable bonds is 1. The normalized spacial score (nSPS) is 18.8. The van der Waals surface area contributed by atoms with Crippen molar-refractivity contribution in [2.24, 2.45) is 10.9 Å². The lowest BCUT2D eigenvalue weighted by Gasteiger charge is -2.13. The number of nitrogens with two attached hydrogens (primary N) is 1. The maximum absolute atomic E-state index is 8.17. The molecule has 0 radical (unpaired) electrons. The van der Waals surface area contributed by atoms with Crippen molar-refractivity contribution >= 4 is 5.84 Å². The van der Waals surface area contributed by atoms with Gasteiger partial charge in [0.1, 0.15) is 19.5 Å². The quantitative estimate of drug-likeness (QED) is 0.227. The minimum atomic E-state index is -0.0697. The molecule has 0 amide bonds. The molecule has 0 bridgehead atoms. The highest BCUT2D eigenvalue weighted by Gasteiger charge is 2.08. The second-order valence-corrected chi connectivity index (χ2v) is 1.69. The van der Waals surface area contributed by atoms with Crippen LogP contribution in [-0.2, 0) is 9.47 Å². The zero-order valence-electron chi connectivity index (χ0n) is 5.28. The molecule has 0 aromatic rings. The Morgan fingerprint density at radius 1 is 1.70 bits per heavy atom. The molecule has 0 aromatic heterocycles. The molecular formula is C5H8N2O3. The van der Waals surface area contributed by atoms with Crippen LogP contribution < -0.4 is 5.73 Å². The minimum absolute atomic E-state index is 0.0697. The highest BCUT2D eigenvalue weighted by atomic mass is 16.6. The smallest absolute Gasteiger partial charge is 0.208 e. The lowest BCUT2D eigenvalue weighted by molar-refractivity contribution is 0.0949. The van der Waals surface area contributed by atoms with Crippen LogP contribution in [0.25, 0.3) is 0 Å². The fraction of sp³-hybridized carbons (Fsp3) is 0.400. The van der Waals surface area contributed by atoms with Crippen LogP contribution in [0.2, 0.25) is 0 Å². The Kier molecular flexibility index (Phi) is 1.99. The SMILES string of the molecule is N/C(=N\O)C1=COCCO1. The van der Waals surface area contributed by atoms with E-state index >= 15 is 0 Å². The number of oxime groups is 1. The molecule has 0 saturated carbocycles. The van der Waals surface area contributed by atoms with Gasteiger partial charge < -0.3 is 20.4 Å². The van der Waals surface area contributed by atoms with Crippen molar-refractivity contribution in [1.82, 2.24) is 0 Å². The van der Waals surface area contributed by atoms with Crippen molar-refractivity contribution in [3.8, 4) is 0 Å². The molecule has 0 spiro atoms. The van der Waals surface area contributed by atoms with Crippen LogP contribution in [0, 0.1) is 0 Å². The largest absolute Gasteiger partial charge is 0.494 e. The molecule has 5 nitrogen and oxygen atoms in total. The summed E-state index contributed by atoms with van der Waals surface area (Å²) in [6, 6.07) is 0. The minimum Gasteiger partial charge on any atom is -0.494 e. The fourth-order valence-corrected chi connectivity index (χ4v) is 0.552. The second kappa shape index (κ2) is 2.95. The average molecular weight is 144 g/mol. The van der Waals surface area contributed by atoms with Crippen molar-refractivity contribution in [3.05, 3.63) is 12.0 Å². The van der Waals surface area contributed by atoms with E-state index < -0.39 is 0 Å². The van der Waals surface area contributed by atoms with Gasteiger partial charge in [0, 0.05) is 0 Å². The van der Waals surface area contributed by atoms with Crippen molar-refractivity contribution in [2.45, 2.75) is 0 Å². The third kappa shape index (κ3) is 1.31. The van der Waals surface area contributed by atoms with Gasteiger partial charge in [-0.25, -0.2) is 0 Å². The van der Waals surface area contributed by atoms with Crippen LogP contribution in [-0.4, -0.2) is 24.3 Å². The molecule has 5 heteroatoms. The molecule has 56 valence electrons. The summed E-state index contributed by atoms with van der Waals surface area (Å²) < 4.78 is 9.80. The molecule has 0 aliphatic carbocycles. The van der Waals surface area contributed by atoms with Gasteiger partial charge in [-0.15, -0.1) is 0 Å². The van der Waals surface area contributed by atoms with Gasteiger partial charge in [-0.05, 0) is 0 Å². The molecular weight excluding hydrogens is 136 g/mol. The van der Waals surface area contributed by atoms with Gasteiger partial charge in [0.2, 0.25) is 5.84 Å². The first-order valence-corrected chi connectivity index (χ1v) is 2.77. The molecule has 0 atom stereocenters. The Morgan fingerprint density at radius 2 is 2.50 bits per heavy atom. The lowest BCUT2D eigenvalue weighted by atomic mass is 10.5. The van der Waals surface area contributed by atoms with Crippen molar-refractivity contribution in [1.29, 1.82) is 0 Å². The van der Waals surface area contributed by atoms with E-state index in [9.17, 15) is 0 Å². The predicted octanol–water partition coefficient (Wildman–Crippen LogP) is -0.379. The highest BCUT2D eigenvalue weighted by Crippen LogP contribution is 2.02. The Hall–Kier alpha value is -1.39. The molecule has 0 saturated heterocycles. The standard InChI is InChI=1S/C5H8N2O3/c6-5(7-8)4-3-9-1-2-10-4/h3,8H,1-2H2,(H2,6,7). The first kappa shape index (κ1) is 6.73. The lowest BCUT2D eigenvalue weighted by Crippen LogP contribution is -2.21. The summed E-state index contributed by atoms with van der Waals surface area (Å²) >= 11 is 0. The van der Waals surface area contributed by atoms with E-state index in [1.54, 1.807) is 0 Å². The third-order valence-corrected chi connectivity index (χ3v) is 1.01. The summed E-state index contributed by atoms with van der Waals surface area (Å²) in [5, 5.41) is 10.9. The van der Waals surface area contributed by atoms with E-state index in [1.807, 2.05) is 0 Å². The summed E-state index contributed by atoms with van der Waals surface area (Å²) in [7, 11) is 0. The molecule has 1 aliphatic heterocycles. The van der Waals surface area contributed by atoms with E-state index in [4.69, 9.17) is 20.4 Å². The number of amidine groups is 1. The fourth-order valence-electron chi connectivity index (χ4n) is 0.552. The van der Waals surface area contributed by atoms with Crippen LogP contribution >= 0.6 is 0 Å². The maximum atomic E-state index is 8.17. The Labute approximate surface area is 57.7 Å². The summed E-state index contributed by atoms with van der Waals surface area (Å²) in [5.41, 5.74) is 5.17. The Bertz CT molecular complexity index is 176. The first-order valence-electron chi connectivity index (χ1n) is 2.77. The molecule has 1 aliphatic rings. The Morgan fingerprint density at radius 3 is 3.00 bits per heavy atom. The number of nitrogens with zero attached hydrogens (tertiary/aromatic N) is 1. The monoisotopic (exact) mass is 144 g/mol. The van der Waals surface area contributed by atoms with E-state index in [2.05, 4.69) is 5.16 Å². The third-order valence-electron chi connectivity index (χ3n) is 1.01. The number of ether oxygens (including phenoxy) is 2. The van der Waals surface area contributed by atoms with Gasteiger partial charge in [-0.3, -0.25) is 0 Å². The van der Waals surface area contributed by atoms with Gasteiger partial charge in [-0.1, -0.05) is 5.16 Å². The van der Waals surface area contributed by atoms with Crippen LogP contribution in [0.15, 0.2) is 17.2 Å². The average Bonchev–Trinajstić information content (AvgIpc) is 2.05. The van der Waals surface area contributed by atoms with Crippen LogP contribution in [0.3, 0.4) is 0 Å². The van der Waals surface area contributed by atoms with E-state index in [0.29, 0.717) is 13.2 Å². The first-order chi connectivity index (χ1) is 4.84. The van der Waals surface area contributed by atoms with Crippen LogP contribution in [0.1, 0.15) is 0 Å². The molecule has 0 unspecified atom stereocenters. The topological polar surface area (TPSA) is 77.1 Å². The molecule has 0 fully saturated rings. The van der Waals surface area contributed by atoms with E-state index in [1.165, 1.54) is 6.26 Å². The molecule has 1 heterocycles. The Balaban J connectivity index is 2.62. The van der Waals surface area contributed by atoms with Crippen LogP contribution in [0.4, 0.5) is 0 Å². The van der Waals surface area contributed by atoms with Gasteiger partial charge in [0.25, 0.3) is 0 Å². The van der Waals surface area contributed by atoms with Crippen molar-refractivity contribution in [2.75, 3.05) is 13.2 Å². The number of hydrogen-bond donors (Lipinski definition) is 2. The van der Waals surface area contributed by atoms with E-state index in [-0.39, 0.29) is 11.6 Å². The summed E-state index contributed by atoms with van der Waals surface area (Å²) in [5.74, 6) is 0.202. The van der Waals surface area contributed by atoms with Gasteiger partial charge in [0.05, 0.1) is 0 Å². The van der Waals surface area contributed by atoms with Crippen molar-refractivity contribution < 1.29 is 14.7 Å². The van der Waals surface area contributed by atoms with Crippen molar-refractivity contribution in [3.63, 3.8) is 0 Å². The molecule has 10 heavy (non-hydrogen) atoms. The summed E-state index contributed by atoms with van der Waals surface area (Å²) in [6.07, 6.45) is 1.32. The van der Waals surface area contributed by atoms with Gasteiger partial charge in [0.15, 0.2) is 5.76 Å². The number of hydrogen-bond acceptors (Lipinski definition) is 4. The highest BCUT2D eigenvalue weighted by molar-refractivity contribution is 5.94. The molecule has 1 rings (SSSR count). The zero-order valence-corrected chi connectivity index (χ0v) is 5.28. The van der Waals surface area contributed by atoms with Gasteiger partial charge in [-0.2, -0.15) is 0 Å². The molecule has 3 N–H and O–H groups in total. The summed E-state index contributed by atoms with van der Waals surface area (Å²) in [6.45, 7) is 0.935. The van der Waals surface area contributed by atoms with Crippen LogP contribution in [0.5, 0.6) is 0 Å². The van der Waals surface area contributed by atoms with Gasteiger partial charge >= 0.3 is 0 Å². The second-order valence-electron chi connectivity index (χ2n) is 1.69.